The van der Waals surface area contributed by atoms with Crippen LogP contribution in [0.15, 0.2) is 30.6 Å². The average molecular weight is 345 g/mol. The first-order chi connectivity index (χ1) is 11.7. The standard InChI is InChI=1S/C16H17ClN6O/c1-10-3-4-11(9-12(10)17)21-15-13-14(19-7-6-18-13)22-16(23-15)20-5-2-8-24/h3-4,6-7,9,24H,2,5,8H2,1H3,(H2,19,20,21,22,23). The number of aryl methyl sites for hydroxylation is 1. The molecule has 0 atom stereocenters. The molecular formula is C16H17ClN6O. The molecule has 3 aromatic rings. The summed E-state index contributed by atoms with van der Waals surface area (Å²) >= 11 is 6.18. The summed E-state index contributed by atoms with van der Waals surface area (Å²) in [6, 6.07) is 5.69. The van der Waals surface area contributed by atoms with Crippen molar-refractivity contribution in [1.82, 2.24) is 19.9 Å². The van der Waals surface area contributed by atoms with Crippen molar-refractivity contribution in [2.75, 3.05) is 23.8 Å². The molecular weight excluding hydrogens is 328 g/mol. The lowest BCUT2D eigenvalue weighted by molar-refractivity contribution is 0.292. The first kappa shape index (κ1) is 16.4. The topological polar surface area (TPSA) is 95.9 Å². The third kappa shape index (κ3) is 3.69. The number of halogens is 1. The van der Waals surface area contributed by atoms with Gasteiger partial charge in [-0.05, 0) is 31.0 Å². The summed E-state index contributed by atoms with van der Waals surface area (Å²) in [7, 11) is 0. The third-order valence-electron chi connectivity index (χ3n) is 3.39. The van der Waals surface area contributed by atoms with E-state index in [0.29, 0.717) is 40.9 Å². The lowest BCUT2D eigenvalue weighted by Crippen LogP contribution is -2.09. The molecule has 2 aromatic heterocycles. The minimum atomic E-state index is 0.105. The fourth-order valence-electron chi connectivity index (χ4n) is 2.12. The Morgan fingerprint density at radius 1 is 1.17 bits per heavy atom. The molecule has 24 heavy (non-hydrogen) atoms. The van der Waals surface area contributed by atoms with Crippen molar-refractivity contribution in [2.24, 2.45) is 0 Å². The van der Waals surface area contributed by atoms with Crippen molar-refractivity contribution >= 4 is 40.2 Å². The van der Waals surface area contributed by atoms with Gasteiger partial charge in [0.15, 0.2) is 17.0 Å². The second kappa shape index (κ2) is 7.37. The first-order valence-corrected chi connectivity index (χ1v) is 7.92. The lowest BCUT2D eigenvalue weighted by atomic mass is 10.2. The molecule has 0 amide bonds. The molecule has 0 spiro atoms. The van der Waals surface area contributed by atoms with E-state index in [-0.39, 0.29) is 6.61 Å². The number of aliphatic hydroxyl groups is 1. The zero-order valence-electron chi connectivity index (χ0n) is 13.1. The van der Waals surface area contributed by atoms with Gasteiger partial charge in [0.1, 0.15) is 0 Å². The predicted molar refractivity (Wildman–Crippen MR) is 94.8 cm³/mol. The maximum Gasteiger partial charge on any atom is 0.226 e. The average Bonchev–Trinajstić information content (AvgIpc) is 2.58. The van der Waals surface area contributed by atoms with Crippen LogP contribution < -0.4 is 10.6 Å². The van der Waals surface area contributed by atoms with Crippen LogP contribution in [-0.2, 0) is 0 Å². The second-order valence-corrected chi connectivity index (χ2v) is 5.62. The molecule has 0 unspecified atom stereocenters. The smallest absolute Gasteiger partial charge is 0.226 e. The Labute approximate surface area is 144 Å². The number of hydrogen-bond donors (Lipinski definition) is 3. The molecule has 0 bridgehead atoms. The molecule has 0 fully saturated rings. The Morgan fingerprint density at radius 3 is 2.79 bits per heavy atom. The number of fused-ring (bicyclic) bond motifs is 1. The summed E-state index contributed by atoms with van der Waals surface area (Å²) in [5, 5.41) is 15.8. The maximum atomic E-state index is 8.89. The van der Waals surface area contributed by atoms with Gasteiger partial charge in [-0.15, -0.1) is 0 Å². The monoisotopic (exact) mass is 344 g/mol. The van der Waals surface area contributed by atoms with Crippen molar-refractivity contribution in [3.8, 4) is 0 Å². The molecule has 0 radical (unpaired) electrons. The maximum absolute atomic E-state index is 8.89. The van der Waals surface area contributed by atoms with E-state index in [9.17, 15) is 0 Å². The van der Waals surface area contributed by atoms with Crippen molar-refractivity contribution in [3.63, 3.8) is 0 Å². The number of aromatic nitrogens is 4. The SMILES string of the molecule is Cc1ccc(Nc2nc(NCCCO)nc3nccnc23)cc1Cl. The van der Waals surface area contributed by atoms with Gasteiger partial charge in [-0.1, -0.05) is 17.7 Å². The molecule has 2 heterocycles. The fourth-order valence-corrected chi connectivity index (χ4v) is 2.30. The van der Waals surface area contributed by atoms with Crippen LogP contribution in [0.3, 0.4) is 0 Å². The van der Waals surface area contributed by atoms with Gasteiger partial charge in [0.2, 0.25) is 5.95 Å². The minimum Gasteiger partial charge on any atom is -0.396 e. The highest BCUT2D eigenvalue weighted by atomic mass is 35.5. The van der Waals surface area contributed by atoms with Crippen LogP contribution in [0.25, 0.3) is 11.2 Å². The molecule has 0 aliphatic carbocycles. The molecule has 124 valence electrons. The zero-order chi connectivity index (χ0) is 16.9. The van der Waals surface area contributed by atoms with Crippen LogP contribution in [0.4, 0.5) is 17.5 Å². The second-order valence-electron chi connectivity index (χ2n) is 5.22. The lowest BCUT2D eigenvalue weighted by Gasteiger charge is -2.11. The summed E-state index contributed by atoms with van der Waals surface area (Å²) in [6.45, 7) is 2.62. The van der Waals surface area contributed by atoms with Gasteiger partial charge in [-0.25, -0.2) is 9.97 Å². The number of nitrogens with one attached hydrogen (secondary N) is 2. The molecule has 0 aliphatic heterocycles. The van der Waals surface area contributed by atoms with E-state index in [1.165, 1.54) is 0 Å². The van der Waals surface area contributed by atoms with Gasteiger partial charge in [-0.2, -0.15) is 9.97 Å². The quantitative estimate of drug-likeness (QED) is 0.591. The van der Waals surface area contributed by atoms with E-state index in [1.807, 2.05) is 25.1 Å². The molecule has 1 aromatic carbocycles. The predicted octanol–water partition coefficient (Wildman–Crippen LogP) is 2.92. The molecule has 0 saturated heterocycles. The van der Waals surface area contributed by atoms with E-state index >= 15 is 0 Å². The number of nitrogens with zero attached hydrogens (tertiary/aromatic N) is 4. The van der Waals surface area contributed by atoms with Gasteiger partial charge >= 0.3 is 0 Å². The normalized spacial score (nSPS) is 10.8. The molecule has 3 rings (SSSR count). The Hall–Kier alpha value is -2.51. The van der Waals surface area contributed by atoms with Crippen LogP contribution in [0.5, 0.6) is 0 Å². The summed E-state index contributed by atoms with van der Waals surface area (Å²) in [6.07, 6.45) is 3.79. The van der Waals surface area contributed by atoms with Gasteiger partial charge in [0, 0.05) is 36.3 Å². The number of aliphatic hydroxyl groups excluding tert-OH is 1. The Balaban J connectivity index is 1.96. The fraction of sp³-hybridized carbons (Fsp3) is 0.250. The Kier molecular flexibility index (Phi) is 5.02. The van der Waals surface area contributed by atoms with Crippen LogP contribution in [-0.4, -0.2) is 38.2 Å². The van der Waals surface area contributed by atoms with E-state index < -0.39 is 0 Å². The summed E-state index contributed by atoms with van der Waals surface area (Å²) < 4.78 is 0. The highest BCUT2D eigenvalue weighted by Crippen LogP contribution is 2.25. The molecule has 8 heteroatoms. The summed E-state index contributed by atoms with van der Waals surface area (Å²) in [5.41, 5.74) is 2.86. The van der Waals surface area contributed by atoms with Crippen LogP contribution in [0, 0.1) is 6.92 Å². The Bertz CT molecular complexity index is 857. The van der Waals surface area contributed by atoms with Crippen molar-refractivity contribution in [3.05, 3.63) is 41.2 Å². The van der Waals surface area contributed by atoms with Crippen molar-refractivity contribution < 1.29 is 5.11 Å². The Morgan fingerprint density at radius 2 is 2.00 bits per heavy atom. The highest BCUT2D eigenvalue weighted by Gasteiger charge is 2.10. The van der Waals surface area contributed by atoms with E-state index in [1.54, 1.807) is 12.4 Å². The molecule has 3 N–H and O–H groups in total. The van der Waals surface area contributed by atoms with E-state index in [0.717, 1.165) is 11.3 Å². The number of rotatable bonds is 6. The van der Waals surface area contributed by atoms with Gasteiger partial charge in [0.05, 0.1) is 0 Å². The summed E-state index contributed by atoms with van der Waals surface area (Å²) in [5.74, 6) is 0.969. The largest absolute Gasteiger partial charge is 0.396 e. The van der Waals surface area contributed by atoms with Crippen LogP contribution in [0.1, 0.15) is 12.0 Å². The van der Waals surface area contributed by atoms with Gasteiger partial charge in [0.25, 0.3) is 0 Å². The van der Waals surface area contributed by atoms with Gasteiger partial charge in [-0.3, -0.25) is 0 Å². The van der Waals surface area contributed by atoms with Gasteiger partial charge < -0.3 is 15.7 Å². The highest BCUT2D eigenvalue weighted by molar-refractivity contribution is 6.31. The zero-order valence-corrected chi connectivity index (χ0v) is 13.9. The van der Waals surface area contributed by atoms with Crippen molar-refractivity contribution in [2.45, 2.75) is 13.3 Å². The molecule has 0 aliphatic rings. The third-order valence-corrected chi connectivity index (χ3v) is 3.79. The number of hydrogen-bond acceptors (Lipinski definition) is 7. The van der Waals surface area contributed by atoms with Crippen LogP contribution >= 0.6 is 11.6 Å². The van der Waals surface area contributed by atoms with E-state index in [2.05, 4.69) is 30.6 Å². The van der Waals surface area contributed by atoms with Crippen LogP contribution in [0.2, 0.25) is 5.02 Å². The molecule has 0 saturated carbocycles. The van der Waals surface area contributed by atoms with E-state index in [4.69, 9.17) is 16.7 Å². The first-order valence-electron chi connectivity index (χ1n) is 7.54. The molecule has 7 nitrogen and oxygen atoms in total. The minimum absolute atomic E-state index is 0.105. The summed E-state index contributed by atoms with van der Waals surface area (Å²) in [4.78, 5) is 17.3. The number of benzene rings is 1. The van der Waals surface area contributed by atoms with Crippen molar-refractivity contribution in [1.29, 1.82) is 0 Å². The number of anilines is 3.